The van der Waals surface area contributed by atoms with E-state index in [9.17, 15) is 0 Å². The van der Waals surface area contributed by atoms with Crippen molar-refractivity contribution in [3.8, 4) is 44.9 Å². The minimum Gasteiger partial charge on any atom is -0.458 e. The summed E-state index contributed by atoms with van der Waals surface area (Å²) >= 11 is 1.88. The fraction of sp³-hybridized carbons (Fsp3) is 0. The van der Waals surface area contributed by atoms with Gasteiger partial charge in [0.25, 0.3) is 13.4 Å². The number of fused-ring (bicyclic) bond motifs is 8. The van der Waals surface area contributed by atoms with E-state index in [-0.39, 0.29) is 13.4 Å². The number of hydrogen-bond donors (Lipinski definition) is 0. The summed E-state index contributed by atoms with van der Waals surface area (Å²) in [7, 11) is 0. The first-order chi connectivity index (χ1) is 39.2. The van der Waals surface area contributed by atoms with Crippen molar-refractivity contribution in [2.24, 2.45) is 0 Å². The second kappa shape index (κ2) is 18.5. The van der Waals surface area contributed by atoms with Crippen molar-refractivity contribution in [3.63, 3.8) is 0 Å². The Kier molecular flexibility index (Phi) is 10.6. The average Bonchev–Trinajstić information content (AvgIpc) is 3.67. The number of rotatable bonds is 8. The highest BCUT2D eigenvalue weighted by Crippen LogP contribution is 2.50. The highest BCUT2D eigenvalue weighted by atomic mass is 32.2. The predicted molar refractivity (Wildman–Crippen MR) is 331 cm³/mol. The van der Waals surface area contributed by atoms with Crippen LogP contribution in [0, 0.1) is 0 Å². The Hall–Kier alpha value is -9.75. The monoisotopic (exact) mass is 1020 g/mol. The molecule has 0 unspecified atom stereocenters. The van der Waals surface area contributed by atoms with E-state index in [2.05, 4.69) is 294 Å². The smallest absolute Gasteiger partial charge is 0.258 e. The standard InChI is InChI=1S/C71H46B2N4OS/c1-6-24-47(25-7-1)50-42-62-69-67(43-50)79-66-41-23-19-37-57(66)73(69)59-46-58-70(74-71(59)76(62)60-38-20-16-34-54(60)48-26-8-2-9-27-48)77(61-39-21-17-35-55(61)49-28-10-3-11-29-49)63-44-53(45-65-68(63)72(58)56-36-18-22-40-64(56)78-65)75(51-30-12-4-13-31-51)52-32-14-5-15-33-52/h1-46H. The van der Waals surface area contributed by atoms with E-state index in [0.29, 0.717) is 0 Å². The summed E-state index contributed by atoms with van der Waals surface area (Å²) in [4.78, 5) is 16.2. The lowest BCUT2D eigenvalue weighted by atomic mass is 9.31. The zero-order valence-electron chi connectivity index (χ0n) is 42.8. The zero-order chi connectivity index (χ0) is 52.0. The fourth-order valence-electron chi connectivity index (χ4n) is 12.8. The molecule has 0 fully saturated rings. The Balaban J connectivity index is 1.04. The summed E-state index contributed by atoms with van der Waals surface area (Å²) < 4.78 is 7.27. The lowest BCUT2D eigenvalue weighted by Crippen LogP contribution is -2.64. The summed E-state index contributed by atoms with van der Waals surface area (Å²) in [5.41, 5.74) is 21.2. The molecule has 0 saturated heterocycles. The minimum atomic E-state index is -0.224. The Bertz CT molecular complexity index is 4320. The van der Waals surface area contributed by atoms with Crippen molar-refractivity contribution < 1.29 is 4.74 Å². The first kappa shape index (κ1) is 45.4. The minimum absolute atomic E-state index is 0.117. The van der Waals surface area contributed by atoms with Crippen molar-refractivity contribution >= 4 is 109 Å². The Labute approximate surface area is 464 Å². The molecule has 0 N–H and O–H groups in total. The van der Waals surface area contributed by atoms with Crippen molar-refractivity contribution in [3.05, 3.63) is 279 Å². The molecule has 16 rings (SSSR count). The number of nitrogens with zero attached hydrogens (tertiary/aromatic N) is 4. The van der Waals surface area contributed by atoms with Crippen LogP contribution in [0.4, 0.5) is 51.4 Å². The van der Waals surface area contributed by atoms with Gasteiger partial charge in [-0.05, 0) is 116 Å². The van der Waals surface area contributed by atoms with E-state index in [1.807, 2.05) is 11.8 Å². The van der Waals surface area contributed by atoms with Crippen LogP contribution in [0.3, 0.4) is 0 Å². The van der Waals surface area contributed by atoms with Gasteiger partial charge >= 0.3 is 0 Å². The maximum atomic E-state index is 7.27. The molecule has 368 valence electrons. The first-order valence-electron chi connectivity index (χ1n) is 27.0. The van der Waals surface area contributed by atoms with Crippen LogP contribution in [0.25, 0.3) is 33.4 Å². The summed E-state index contributed by atoms with van der Waals surface area (Å²) in [5, 5.41) is 0. The number of ether oxygens (including phenoxy) is 1. The van der Waals surface area contributed by atoms with E-state index in [1.54, 1.807) is 0 Å². The van der Waals surface area contributed by atoms with Crippen LogP contribution < -0.4 is 52.2 Å². The van der Waals surface area contributed by atoms with Gasteiger partial charge in [0.05, 0.1) is 17.1 Å². The van der Waals surface area contributed by atoms with Gasteiger partial charge in [-0.3, -0.25) is 9.80 Å². The summed E-state index contributed by atoms with van der Waals surface area (Å²) in [6.07, 6.45) is 0. The molecule has 0 atom stereocenters. The van der Waals surface area contributed by atoms with Crippen LogP contribution >= 0.6 is 11.8 Å². The third-order valence-electron chi connectivity index (χ3n) is 16.1. The van der Waals surface area contributed by atoms with E-state index in [1.165, 1.54) is 26.3 Å². The molecule has 5 nitrogen and oxygen atoms in total. The van der Waals surface area contributed by atoms with Crippen LogP contribution in [0.1, 0.15) is 0 Å². The number of aromatic nitrogens is 1. The molecule has 4 aliphatic rings. The Morgan fingerprint density at radius 1 is 0.329 bits per heavy atom. The molecule has 8 heteroatoms. The Morgan fingerprint density at radius 2 is 0.810 bits per heavy atom. The zero-order valence-corrected chi connectivity index (χ0v) is 43.6. The quantitative estimate of drug-likeness (QED) is 0.141. The van der Waals surface area contributed by atoms with Crippen LogP contribution in [0.15, 0.2) is 289 Å². The molecule has 11 aromatic carbocycles. The fourth-order valence-corrected chi connectivity index (χ4v) is 14.0. The van der Waals surface area contributed by atoms with Crippen molar-refractivity contribution in [1.29, 1.82) is 0 Å². The molecule has 0 spiro atoms. The third-order valence-corrected chi connectivity index (χ3v) is 17.3. The Morgan fingerprint density at radius 3 is 1.42 bits per heavy atom. The molecule has 0 radical (unpaired) electrons. The van der Waals surface area contributed by atoms with Gasteiger partial charge < -0.3 is 9.64 Å². The van der Waals surface area contributed by atoms with Gasteiger partial charge in [0.1, 0.15) is 23.1 Å². The van der Waals surface area contributed by atoms with Gasteiger partial charge in [-0.1, -0.05) is 223 Å². The summed E-state index contributed by atoms with van der Waals surface area (Å²) in [5.74, 6) is 3.43. The van der Waals surface area contributed by atoms with Gasteiger partial charge in [-0.15, -0.1) is 0 Å². The number of pyridine rings is 1. The molecule has 0 amide bonds. The maximum absolute atomic E-state index is 7.27. The molecule has 5 heterocycles. The summed E-state index contributed by atoms with van der Waals surface area (Å²) in [6, 6.07) is 101. The second-order valence-electron chi connectivity index (χ2n) is 20.6. The van der Waals surface area contributed by atoms with Gasteiger partial charge in [0, 0.05) is 49.7 Å². The van der Waals surface area contributed by atoms with E-state index >= 15 is 0 Å². The molecular formula is C71H46B2N4OS. The first-order valence-corrected chi connectivity index (χ1v) is 27.8. The largest absolute Gasteiger partial charge is 0.458 e. The SMILES string of the molecule is c1ccc(-c2cc3c4c(c2)N(c2ccccc2-c2ccccc2)c2nc5c(cc2B4c2ccccc2S3)B2c3ccccc3Oc3cc(N(c4ccccc4)c4ccccc4)cc(c32)N5c2ccccc2-c2ccccc2)cc1. The lowest BCUT2D eigenvalue weighted by molar-refractivity contribution is 0.487. The molecule has 4 aliphatic heterocycles. The van der Waals surface area contributed by atoms with E-state index in [4.69, 9.17) is 9.72 Å². The topological polar surface area (TPSA) is 31.8 Å². The number of benzene rings is 11. The highest BCUT2D eigenvalue weighted by molar-refractivity contribution is 8.00. The van der Waals surface area contributed by atoms with Gasteiger partial charge in [-0.2, -0.15) is 0 Å². The maximum Gasteiger partial charge on any atom is 0.258 e. The lowest BCUT2D eigenvalue weighted by Gasteiger charge is -2.44. The summed E-state index contributed by atoms with van der Waals surface area (Å²) in [6.45, 7) is -0.340. The predicted octanol–water partition coefficient (Wildman–Crippen LogP) is 14.7. The van der Waals surface area contributed by atoms with Crippen LogP contribution in [-0.2, 0) is 0 Å². The van der Waals surface area contributed by atoms with Crippen LogP contribution in [-0.4, -0.2) is 18.4 Å². The van der Waals surface area contributed by atoms with E-state index in [0.717, 1.165) is 113 Å². The molecule has 0 aliphatic carbocycles. The van der Waals surface area contributed by atoms with Crippen LogP contribution in [0.5, 0.6) is 11.5 Å². The normalized spacial score (nSPS) is 13.0. The molecule has 0 bridgehead atoms. The van der Waals surface area contributed by atoms with Crippen LogP contribution in [0.2, 0.25) is 0 Å². The average molecular weight is 1020 g/mol. The van der Waals surface area contributed by atoms with E-state index < -0.39 is 0 Å². The second-order valence-corrected chi connectivity index (χ2v) is 21.6. The molecule has 79 heavy (non-hydrogen) atoms. The van der Waals surface area contributed by atoms with Crippen molar-refractivity contribution in [2.45, 2.75) is 9.79 Å². The number of hydrogen-bond acceptors (Lipinski definition) is 6. The molecule has 0 saturated carbocycles. The molecular weight excluding hydrogens is 978 g/mol. The van der Waals surface area contributed by atoms with Gasteiger partial charge in [-0.25, -0.2) is 4.98 Å². The van der Waals surface area contributed by atoms with Crippen molar-refractivity contribution in [2.75, 3.05) is 14.7 Å². The molecule has 1 aromatic heterocycles. The number of para-hydroxylation sites is 5. The third kappa shape index (κ3) is 7.32. The number of anilines is 9. The highest BCUT2D eigenvalue weighted by Gasteiger charge is 2.48. The van der Waals surface area contributed by atoms with Gasteiger partial charge in [0.15, 0.2) is 0 Å². The van der Waals surface area contributed by atoms with Crippen molar-refractivity contribution in [1.82, 2.24) is 4.98 Å². The van der Waals surface area contributed by atoms with Gasteiger partial charge in [0.2, 0.25) is 0 Å². The molecule has 12 aromatic rings.